The van der Waals surface area contributed by atoms with E-state index >= 15 is 0 Å². The highest BCUT2D eigenvalue weighted by atomic mass is 79.9. The summed E-state index contributed by atoms with van der Waals surface area (Å²) >= 11 is 4.51. The Kier molecular flexibility index (Phi) is 6.38. The van der Waals surface area contributed by atoms with Crippen molar-refractivity contribution in [2.45, 2.75) is 4.21 Å². The molecule has 1 aromatic heterocycles. The van der Waals surface area contributed by atoms with Gasteiger partial charge in [0.15, 0.2) is 6.61 Å². The zero-order valence-electron chi connectivity index (χ0n) is 14.8. The molecule has 0 fully saturated rings. The van der Waals surface area contributed by atoms with E-state index in [1.54, 1.807) is 53.9 Å². The first-order valence-corrected chi connectivity index (χ1v) is 11.3. The zero-order valence-corrected chi connectivity index (χ0v) is 18.1. The molecule has 1 heterocycles. The first kappa shape index (κ1) is 20.4. The largest absolute Gasteiger partial charge is 0.484 e. The van der Waals surface area contributed by atoms with Gasteiger partial charge >= 0.3 is 0 Å². The summed E-state index contributed by atoms with van der Waals surface area (Å²) in [5, 5.41) is 4.46. The first-order valence-electron chi connectivity index (χ1n) is 8.17. The van der Waals surface area contributed by atoms with Crippen LogP contribution < -0.4 is 14.4 Å². The zero-order chi connectivity index (χ0) is 20.1. The molecule has 0 radical (unpaired) electrons. The number of nitrogens with zero attached hydrogens (tertiary/aromatic N) is 1. The molecule has 3 aromatic rings. The summed E-state index contributed by atoms with van der Waals surface area (Å²) in [4.78, 5) is 12.0. The number of carbonyl (C=O) groups is 1. The lowest BCUT2D eigenvalue weighted by Gasteiger charge is -2.18. The van der Waals surface area contributed by atoms with Crippen LogP contribution in [0.4, 0.5) is 11.4 Å². The van der Waals surface area contributed by atoms with Crippen LogP contribution in [-0.2, 0) is 14.8 Å². The number of halogens is 1. The van der Waals surface area contributed by atoms with E-state index in [1.807, 2.05) is 12.1 Å². The second-order valence-electron chi connectivity index (χ2n) is 5.75. The fraction of sp³-hybridized carbons (Fsp3) is 0.105. The molecule has 28 heavy (non-hydrogen) atoms. The van der Waals surface area contributed by atoms with Crippen molar-refractivity contribution in [3.05, 3.63) is 70.5 Å². The number of ether oxygens (including phenoxy) is 1. The third kappa shape index (κ3) is 4.92. The number of carbonyl (C=O) groups excluding carboxylic acids is 1. The minimum atomic E-state index is -3.58. The Balaban J connectivity index is 1.59. The van der Waals surface area contributed by atoms with Gasteiger partial charge < -0.3 is 10.1 Å². The number of sulfonamides is 1. The molecule has 2 aromatic carbocycles. The lowest BCUT2D eigenvalue weighted by atomic mass is 10.3. The highest BCUT2D eigenvalue weighted by molar-refractivity contribution is 9.10. The maximum Gasteiger partial charge on any atom is 0.273 e. The van der Waals surface area contributed by atoms with Crippen molar-refractivity contribution in [1.29, 1.82) is 0 Å². The van der Waals surface area contributed by atoms with E-state index < -0.39 is 10.0 Å². The van der Waals surface area contributed by atoms with Crippen LogP contribution in [0.5, 0.6) is 5.75 Å². The Bertz CT molecular complexity index is 1050. The van der Waals surface area contributed by atoms with Crippen LogP contribution in [0.25, 0.3) is 0 Å². The average Bonchev–Trinajstić information content (AvgIpc) is 3.22. The van der Waals surface area contributed by atoms with Gasteiger partial charge in [-0.2, -0.15) is 0 Å². The van der Waals surface area contributed by atoms with Crippen molar-refractivity contribution in [2.75, 3.05) is 23.3 Å². The summed E-state index contributed by atoms with van der Waals surface area (Å²) in [7, 11) is -2.09. The van der Waals surface area contributed by atoms with Crippen LogP contribution in [-0.4, -0.2) is 28.0 Å². The average molecular weight is 481 g/mol. The van der Waals surface area contributed by atoms with E-state index in [0.29, 0.717) is 17.1 Å². The summed E-state index contributed by atoms with van der Waals surface area (Å²) < 4.78 is 32.9. The number of hydrogen-bond acceptors (Lipinski definition) is 5. The van der Waals surface area contributed by atoms with E-state index in [4.69, 9.17) is 4.74 Å². The standard InChI is InChI=1S/C19H17BrN2O4S2/c1-22(28(24,25)19-6-3-11-27-19)16-7-9-17(10-8-16)26-13-18(23)21-15-5-2-4-14(20)12-15/h2-12H,13H2,1H3,(H,21,23). The summed E-state index contributed by atoms with van der Waals surface area (Å²) in [5.74, 6) is 0.176. The Labute approximate surface area is 175 Å². The molecule has 0 saturated heterocycles. The van der Waals surface area contributed by atoms with Gasteiger partial charge in [-0.05, 0) is 53.9 Å². The van der Waals surface area contributed by atoms with Crippen LogP contribution in [0.15, 0.2) is 74.7 Å². The number of nitrogens with one attached hydrogen (secondary N) is 1. The second kappa shape index (κ2) is 8.76. The molecular weight excluding hydrogens is 464 g/mol. The smallest absolute Gasteiger partial charge is 0.273 e. The van der Waals surface area contributed by atoms with Crippen molar-refractivity contribution >= 4 is 54.6 Å². The highest BCUT2D eigenvalue weighted by Crippen LogP contribution is 2.26. The minimum absolute atomic E-state index is 0.158. The number of benzene rings is 2. The Morgan fingerprint density at radius 3 is 2.54 bits per heavy atom. The fourth-order valence-electron chi connectivity index (χ4n) is 2.35. The van der Waals surface area contributed by atoms with Crippen molar-refractivity contribution in [3.63, 3.8) is 0 Å². The molecule has 146 valence electrons. The van der Waals surface area contributed by atoms with Gasteiger partial charge in [-0.15, -0.1) is 11.3 Å². The summed E-state index contributed by atoms with van der Waals surface area (Å²) in [6.45, 7) is -0.158. The molecule has 0 spiro atoms. The Morgan fingerprint density at radius 1 is 1.14 bits per heavy atom. The summed E-state index contributed by atoms with van der Waals surface area (Å²) in [6.07, 6.45) is 0. The molecule has 3 rings (SSSR count). The maximum atomic E-state index is 12.5. The van der Waals surface area contributed by atoms with Gasteiger partial charge in [-0.3, -0.25) is 9.10 Å². The topological polar surface area (TPSA) is 75.7 Å². The summed E-state index contributed by atoms with van der Waals surface area (Å²) in [5.41, 5.74) is 1.16. The normalized spacial score (nSPS) is 11.1. The highest BCUT2D eigenvalue weighted by Gasteiger charge is 2.22. The quantitative estimate of drug-likeness (QED) is 0.545. The van der Waals surface area contributed by atoms with E-state index in [-0.39, 0.29) is 16.7 Å². The number of thiophene rings is 1. The molecule has 0 saturated carbocycles. The van der Waals surface area contributed by atoms with Gasteiger partial charge in [0.05, 0.1) is 5.69 Å². The second-order valence-corrected chi connectivity index (χ2v) is 9.81. The molecule has 0 aliphatic heterocycles. The molecular formula is C19H17BrN2O4S2. The molecule has 0 aliphatic carbocycles. The van der Waals surface area contributed by atoms with Gasteiger partial charge in [0.25, 0.3) is 15.9 Å². The van der Waals surface area contributed by atoms with E-state index in [0.717, 1.165) is 4.47 Å². The fourth-order valence-corrected chi connectivity index (χ4v) is 5.10. The van der Waals surface area contributed by atoms with Crippen LogP contribution in [0.2, 0.25) is 0 Å². The van der Waals surface area contributed by atoms with Crippen molar-refractivity contribution < 1.29 is 17.9 Å². The van der Waals surface area contributed by atoms with Crippen molar-refractivity contribution in [3.8, 4) is 5.75 Å². The Morgan fingerprint density at radius 2 is 1.89 bits per heavy atom. The van der Waals surface area contributed by atoms with Gasteiger partial charge in [-0.1, -0.05) is 28.1 Å². The molecule has 0 atom stereocenters. The first-order chi connectivity index (χ1) is 13.4. The molecule has 0 aliphatic rings. The third-order valence-electron chi connectivity index (χ3n) is 3.79. The lowest BCUT2D eigenvalue weighted by molar-refractivity contribution is -0.118. The molecule has 0 unspecified atom stereocenters. The molecule has 0 bridgehead atoms. The van der Waals surface area contributed by atoms with Crippen molar-refractivity contribution in [2.24, 2.45) is 0 Å². The van der Waals surface area contributed by atoms with Crippen molar-refractivity contribution in [1.82, 2.24) is 0 Å². The van der Waals surface area contributed by atoms with Crippen LogP contribution in [0.1, 0.15) is 0 Å². The van der Waals surface area contributed by atoms with Gasteiger partial charge in [0.2, 0.25) is 0 Å². The number of anilines is 2. The molecule has 1 N–H and O–H groups in total. The predicted molar refractivity (Wildman–Crippen MR) is 115 cm³/mol. The SMILES string of the molecule is CN(c1ccc(OCC(=O)Nc2cccc(Br)c2)cc1)S(=O)(=O)c1cccs1. The summed E-state index contributed by atoms with van der Waals surface area (Å²) in [6, 6.07) is 17.0. The monoisotopic (exact) mass is 480 g/mol. The molecule has 9 heteroatoms. The van der Waals surface area contributed by atoms with Crippen LogP contribution in [0, 0.1) is 0 Å². The number of rotatable bonds is 7. The van der Waals surface area contributed by atoms with E-state index in [9.17, 15) is 13.2 Å². The Hall–Kier alpha value is -2.36. The predicted octanol–water partition coefficient (Wildman–Crippen LogP) is 4.35. The third-order valence-corrected chi connectivity index (χ3v) is 7.44. The van der Waals surface area contributed by atoms with Crippen LogP contribution in [0.3, 0.4) is 0 Å². The minimum Gasteiger partial charge on any atom is -0.484 e. The number of amides is 1. The van der Waals surface area contributed by atoms with Gasteiger partial charge in [-0.25, -0.2) is 8.42 Å². The van der Waals surface area contributed by atoms with Gasteiger partial charge in [0, 0.05) is 17.2 Å². The maximum absolute atomic E-state index is 12.5. The van der Waals surface area contributed by atoms with Crippen LogP contribution >= 0.6 is 27.3 Å². The number of hydrogen-bond donors (Lipinski definition) is 1. The lowest BCUT2D eigenvalue weighted by Crippen LogP contribution is -2.25. The van der Waals surface area contributed by atoms with E-state index in [2.05, 4.69) is 21.2 Å². The molecule has 6 nitrogen and oxygen atoms in total. The van der Waals surface area contributed by atoms with Gasteiger partial charge in [0.1, 0.15) is 9.96 Å². The van der Waals surface area contributed by atoms with E-state index in [1.165, 1.54) is 22.7 Å². The molecule has 1 amide bonds.